The lowest BCUT2D eigenvalue weighted by Crippen LogP contribution is -2.02. The van der Waals surface area contributed by atoms with Crippen LogP contribution in [0, 0.1) is 0 Å². The molecule has 1 heterocycles. The molecule has 1 nitrogen and oxygen atoms in total. The second-order valence-electron chi connectivity index (χ2n) is 3.58. The van der Waals surface area contributed by atoms with E-state index >= 15 is 0 Å². The van der Waals surface area contributed by atoms with Crippen molar-refractivity contribution in [3.8, 4) is 5.75 Å². The third-order valence-corrected chi connectivity index (χ3v) is 5.45. The lowest BCUT2D eigenvalue weighted by atomic mass is 10.1. The number of alkyl halides is 3. The lowest BCUT2D eigenvalue weighted by Gasteiger charge is -2.10. The second kappa shape index (κ2) is 6.39. The van der Waals surface area contributed by atoms with Crippen LogP contribution in [-0.4, -0.2) is 6.61 Å². The Kier molecular flexibility index (Phi) is 5.06. The van der Waals surface area contributed by atoms with Gasteiger partial charge in [0.15, 0.2) is 0 Å². The molecular formula is C12H7BrCl2F2OS. The van der Waals surface area contributed by atoms with Crippen LogP contribution >= 0.6 is 50.5 Å². The molecule has 0 bridgehead atoms. The maximum absolute atomic E-state index is 12.2. The van der Waals surface area contributed by atoms with Crippen molar-refractivity contribution in [1.82, 2.24) is 0 Å². The van der Waals surface area contributed by atoms with Gasteiger partial charge in [-0.15, -0.1) is 22.9 Å². The van der Waals surface area contributed by atoms with Crippen LogP contribution in [0.5, 0.6) is 5.75 Å². The fourth-order valence-electron chi connectivity index (χ4n) is 1.50. The van der Waals surface area contributed by atoms with Crippen molar-refractivity contribution in [2.75, 3.05) is 0 Å². The fourth-order valence-corrected chi connectivity index (χ4v) is 3.59. The van der Waals surface area contributed by atoms with Gasteiger partial charge in [0.1, 0.15) is 5.75 Å². The smallest absolute Gasteiger partial charge is 0.387 e. The second-order valence-corrected chi connectivity index (χ2v) is 6.83. The number of thiophene rings is 1. The summed E-state index contributed by atoms with van der Waals surface area (Å²) >= 11 is 17.0. The first kappa shape index (κ1) is 15.0. The predicted octanol–water partition coefficient (Wildman–Crippen LogP) is 6.09. The number of halogens is 5. The molecule has 0 spiro atoms. The molecular weight excluding hydrogens is 381 g/mol. The third-order valence-electron chi connectivity index (χ3n) is 2.29. The predicted molar refractivity (Wildman–Crippen MR) is 77.8 cm³/mol. The van der Waals surface area contributed by atoms with Crippen LogP contribution in [0.3, 0.4) is 0 Å². The molecule has 0 aliphatic rings. The molecule has 0 fully saturated rings. The molecule has 0 radical (unpaired) electrons. The van der Waals surface area contributed by atoms with Crippen molar-refractivity contribution in [2.24, 2.45) is 0 Å². The van der Waals surface area contributed by atoms with Gasteiger partial charge in [-0.05, 0) is 39.7 Å². The van der Waals surface area contributed by atoms with Gasteiger partial charge in [-0.3, -0.25) is 0 Å². The van der Waals surface area contributed by atoms with Crippen LogP contribution < -0.4 is 4.74 Å². The summed E-state index contributed by atoms with van der Waals surface area (Å²) in [5.74, 6) is 0.0832. The van der Waals surface area contributed by atoms with Gasteiger partial charge in [0, 0.05) is 4.88 Å². The Morgan fingerprint density at radius 1 is 1.26 bits per heavy atom. The van der Waals surface area contributed by atoms with Gasteiger partial charge in [0.2, 0.25) is 0 Å². The Labute approximate surface area is 131 Å². The largest absolute Gasteiger partial charge is 0.435 e. The van der Waals surface area contributed by atoms with E-state index in [0.29, 0.717) is 10.6 Å². The van der Waals surface area contributed by atoms with Gasteiger partial charge in [-0.25, -0.2) is 0 Å². The fraction of sp³-hybridized carbons (Fsp3) is 0.167. The van der Waals surface area contributed by atoms with E-state index in [-0.39, 0.29) is 5.75 Å². The van der Waals surface area contributed by atoms with Gasteiger partial charge in [0.05, 0.1) is 14.2 Å². The van der Waals surface area contributed by atoms with Crippen molar-refractivity contribution < 1.29 is 13.5 Å². The van der Waals surface area contributed by atoms with Gasteiger partial charge in [-0.2, -0.15) is 8.78 Å². The summed E-state index contributed by atoms with van der Waals surface area (Å²) < 4.78 is 29.4. The maximum Gasteiger partial charge on any atom is 0.387 e. The van der Waals surface area contributed by atoms with Crippen molar-refractivity contribution in [3.05, 3.63) is 49.6 Å². The molecule has 1 aromatic heterocycles. The van der Waals surface area contributed by atoms with Gasteiger partial charge in [0.25, 0.3) is 0 Å². The molecule has 19 heavy (non-hydrogen) atoms. The Morgan fingerprint density at radius 2 is 2.00 bits per heavy atom. The highest BCUT2D eigenvalue weighted by Gasteiger charge is 2.16. The SMILES string of the molecule is FC(F)Oc1cccc(C(Cl)c2cc(Cl)c(Br)s2)c1. The minimum Gasteiger partial charge on any atom is -0.435 e. The first-order valence-corrected chi connectivity index (χ1v) is 7.53. The van der Waals surface area contributed by atoms with Crippen molar-refractivity contribution >= 4 is 50.5 Å². The van der Waals surface area contributed by atoms with Crippen LogP contribution in [-0.2, 0) is 0 Å². The minimum atomic E-state index is -2.85. The summed E-state index contributed by atoms with van der Waals surface area (Å²) in [5, 5.41) is 0.112. The van der Waals surface area contributed by atoms with E-state index in [0.717, 1.165) is 8.66 Å². The van der Waals surface area contributed by atoms with E-state index in [2.05, 4.69) is 20.7 Å². The molecule has 2 aromatic rings. The Balaban J connectivity index is 2.25. The standard InChI is InChI=1S/C12H7BrCl2F2OS/c13-11-8(14)5-9(19-11)10(15)6-2-1-3-7(4-6)18-12(16)17/h1-5,10,12H. The molecule has 0 aliphatic carbocycles. The summed E-state index contributed by atoms with van der Waals surface area (Å²) in [4.78, 5) is 0.827. The van der Waals surface area contributed by atoms with E-state index in [4.69, 9.17) is 23.2 Å². The Morgan fingerprint density at radius 3 is 2.58 bits per heavy atom. The maximum atomic E-state index is 12.2. The molecule has 0 N–H and O–H groups in total. The first-order valence-electron chi connectivity index (χ1n) is 5.11. The van der Waals surface area contributed by atoms with E-state index in [1.54, 1.807) is 18.2 Å². The van der Waals surface area contributed by atoms with Crippen molar-refractivity contribution in [2.45, 2.75) is 12.0 Å². The number of benzene rings is 1. The number of ether oxygens (including phenoxy) is 1. The van der Waals surface area contributed by atoms with Crippen molar-refractivity contribution in [1.29, 1.82) is 0 Å². The van der Waals surface area contributed by atoms with Gasteiger partial charge < -0.3 is 4.74 Å². The highest BCUT2D eigenvalue weighted by atomic mass is 79.9. The minimum absolute atomic E-state index is 0.0832. The molecule has 0 saturated heterocycles. The zero-order valence-corrected chi connectivity index (χ0v) is 13.2. The van der Waals surface area contributed by atoms with Crippen molar-refractivity contribution in [3.63, 3.8) is 0 Å². The molecule has 102 valence electrons. The van der Waals surface area contributed by atoms with Crippen LogP contribution in [0.4, 0.5) is 8.78 Å². The van der Waals surface area contributed by atoms with Crippen LogP contribution in [0.2, 0.25) is 5.02 Å². The van der Waals surface area contributed by atoms with E-state index in [1.807, 2.05) is 0 Å². The molecule has 0 aliphatic heterocycles. The highest BCUT2D eigenvalue weighted by Crippen LogP contribution is 2.40. The zero-order valence-electron chi connectivity index (χ0n) is 9.25. The summed E-state index contributed by atoms with van der Waals surface area (Å²) in [6, 6.07) is 8.06. The molecule has 7 heteroatoms. The number of rotatable bonds is 4. The summed E-state index contributed by atoms with van der Waals surface area (Å²) in [6.07, 6.45) is 0. The summed E-state index contributed by atoms with van der Waals surface area (Å²) in [5.41, 5.74) is 0.672. The summed E-state index contributed by atoms with van der Waals surface area (Å²) in [7, 11) is 0. The first-order chi connectivity index (χ1) is 8.97. The van der Waals surface area contributed by atoms with Crippen LogP contribution in [0.15, 0.2) is 34.1 Å². The monoisotopic (exact) mass is 386 g/mol. The topological polar surface area (TPSA) is 9.23 Å². The molecule has 1 unspecified atom stereocenters. The van der Waals surface area contributed by atoms with Crippen LogP contribution in [0.1, 0.15) is 15.8 Å². The third kappa shape index (κ3) is 3.81. The Bertz CT molecular complexity index is 557. The van der Waals surface area contributed by atoms with E-state index in [9.17, 15) is 8.78 Å². The van der Waals surface area contributed by atoms with Crippen LogP contribution in [0.25, 0.3) is 0 Å². The number of hydrogen-bond acceptors (Lipinski definition) is 2. The summed E-state index contributed by atoms with van der Waals surface area (Å²) in [6.45, 7) is -2.85. The van der Waals surface area contributed by atoms with E-state index in [1.165, 1.54) is 23.5 Å². The Hall–Kier alpha value is -0.360. The van der Waals surface area contributed by atoms with Gasteiger partial charge >= 0.3 is 6.61 Å². The molecule has 0 amide bonds. The normalized spacial score (nSPS) is 12.7. The molecule has 0 saturated carbocycles. The quantitative estimate of drug-likeness (QED) is 0.576. The highest BCUT2D eigenvalue weighted by molar-refractivity contribution is 9.11. The number of hydrogen-bond donors (Lipinski definition) is 0. The zero-order chi connectivity index (χ0) is 14.0. The average Bonchev–Trinajstić information content (AvgIpc) is 2.68. The molecule has 1 aromatic carbocycles. The molecule has 1 atom stereocenters. The van der Waals surface area contributed by atoms with E-state index < -0.39 is 12.0 Å². The average molecular weight is 388 g/mol. The molecule has 2 rings (SSSR count). The van der Waals surface area contributed by atoms with Gasteiger partial charge in [-0.1, -0.05) is 23.7 Å². The lowest BCUT2D eigenvalue weighted by molar-refractivity contribution is -0.0498.